The van der Waals surface area contributed by atoms with Crippen LogP contribution in [0.2, 0.25) is 0 Å². The number of anilines is 1. The third kappa shape index (κ3) is 3.20. The minimum Gasteiger partial charge on any atom is -0.383 e. The predicted octanol–water partition coefficient (Wildman–Crippen LogP) is 1.88. The molecule has 0 aliphatic carbocycles. The molecule has 0 fully saturated rings. The summed E-state index contributed by atoms with van der Waals surface area (Å²) in [7, 11) is 1.67. The number of hydrogen-bond acceptors (Lipinski definition) is 3. The molecule has 0 atom stereocenters. The van der Waals surface area contributed by atoms with E-state index in [0.29, 0.717) is 12.5 Å². The van der Waals surface area contributed by atoms with Crippen molar-refractivity contribution in [3.05, 3.63) is 23.9 Å². The highest BCUT2D eigenvalue weighted by Crippen LogP contribution is 2.12. The molecule has 1 N–H and O–H groups in total. The molecular formula is C9H13ClN2O. The molecule has 0 saturated carbocycles. The summed E-state index contributed by atoms with van der Waals surface area (Å²) < 4.78 is 4.91. The van der Waals surface area contributed by atoms with Gasteiger partial charge in [-0.25, -0.2) is 4.98 Å². The van der Waals surface area contributed by atoms with E-state index in [0.717, 1.165) is 17.9 Å². The van der Waals surface area contributed by atoms with E-state index in [1.807, 2.05) is 12.1 Å². The summed E-state index contributed by atoms with van der Waals surface area (Å²) in [4.78, 5) is 4.17. The van der Waals surface area contributed by atoms with Crippen LogP contribution in [0.1, 0.15) is 5.56 Å². The lowest BCUT2D eigenvalue weighted by atomic mass is 10.3. The van der Waals surface area contributed by atoms with Crippen LogP contribution in [-0.2, 0) is 10.6 Å². The van der Waals surface area contributed by atoms with Crippen molar-refractivity contribution in [2.75, 3.05) is 25.6 Å². The number of halogens is 1. The zero-order valence-corrected chi connectivity index (χ0v) is 8.34. The van der Waals surface area contributed by atoms with E-state index in [4.69, 9.17) is 16.3 Å². The molecule has 72 valence electrons. The van der Waals surface area contributed by atoms with Crippen molar-refractivity contribution in [1.82, 2.24) is 4.98 Å². The maximum atomic E-state index is 5.73. The van der Waals surface area contributed by atoms with E-state index in [9.17, 15) is 0 Å². The molecule has 0 spiro atoms. The third-order valence-corrected chi connectivity index (χ3v) is 1.92. The molecule has 1 aromatic heterocycles. The molecule has 0 aromatic carbocycles. The van der Waals surface area contributed by atoms with Gasteiger partial charge >= 0.3 is 0 Å². The first kappa shape index (κ1) is 10.3. The van der Waals surface area contributed by atoms with Crippen LogP contribution in [0.5, 0.6) is 0 Å². The first-order valence-electron chi connectivity index (χ1n) is 4.11. The Kier molecular flexibility index (Phi) is 4.57. The van der Waals surface area contributed by atoms with Crippen molar-refractivity contribution in [3.63, 3.8) is 0 Å². The Bertz CT molecular complexity index is 255. The lowest BCUT2D eigenvalue weighted by Gasteiger charge is -2.07. The second-order valence-electron chi connectivity index (χ2n) is 2.56. The molecule has 1 rings (SSSR count). The van der Waals surface area contributed by atoms with Crippen LogP contribution < -0.4 is 5.32 Å². The minimum atomic E-state index is 0.475. The van der Waals surface area contributed by atoms with Crippen molar-refractivity contribution in [2.45, 2.75) is 5.88 Å². The number of rotatable bonds is 5. The average Bonchev–Trinajstić information content (AvgIpc) is 2.19. The van der Waals surface area contributed by atoms with Crippen LogP contribution in [0.25, 0.3) is 0 Å². The fraction of sp³-hybridized carbons (Fsp3) is 0.444. The quantitative estimate of drug-likeness (QED) is 0.582. The molecule has 4 heteroatoms. The molecule has 0 unspecified atom stereocenters. The summed E-state index contributed by atoms with van der Waals surface area (Å²) >= 11 is 5.73. The lowest BCUT2D eigenvalue weighted by molar-refractivity contribution is 0.210. The zero-order chi connectivity index (χ0) is 9.52. The van der Waals surface area contributed by atoms with E-state index in [1.165, 1.54) is 0 Å². The number of aromatic nitrogens is 1. The van der Waals surface area contributed by atoms with Gasteiger partial charge in [-0.3, -0.25) is 0 Å². The van der Waals surface area contributed by atoms with E-state index in [-0.39, 0.29) is 0 Å². The number of ether oxygens (including phenoxy) is 1. The highest BCUT2D eigenvalue weighted by Gasteiger charge is 1.99. The second-order valence-corrected chi connectivity index (χ2v) is 2.83. The maximum Gasteiger partial charge on any atom is 0.130 e. The van der Waals surface area contributed by atoms with Gasteiger partial charge in [-0.05, 0) is 6.07 Å². The Hall–Kier alpha value is -0.800. The van der Waals surface area contributed by atoms with Crippen molar-refractivity contribution in [1.29, 1.82) is 0 Å². The highest BCUT2D eigenvalue weighted by atomic mass is 35.5. The van der Waals surface area contributed by atoms with Gasteiger partial charge in [0, 0.05) is 25.4 Å². The van der Waals surface area contributed by atoms with Crippen LogP contribution in [0.3, 0.4) is 0 Å². The molecule has 0 saturated heterocycles. The summed E-state index contributed by atoms with van der Waals surface area (Å²) in [5.74, 6) is 1.32. The topological polar surface area (TPSA) is 34.1 Å². The van der Waals surface area contributed by atoms with Crippen LogP contribution in [0.15, 0.2) is 18.3 Å². The fourth-order valence-corrected chi connectivity index (χ4v) is 1.19. The largest absolute Gasteiger partial charge is 0.383 e. The van der Waals surface area contributed by atoms with E-state index >= 15 is 0 Å². The van der Waals surface area contributed by atoms with Gasteiger partial charge in [-0.1, -0.05) is 6.07 Å². The summed E-state index contributed by atoms with van der Waals surface area (Å²) in [5.41, 5.74) is 1.01. The standard InChI is InChI=1S/C9H13ClN2O/c1-13-6-5-12-9-8(7-10)3-2-4-11-9/h2-4H,5-7H2,1H3,(H,11,12). The van der Waals surface area contributed by atoms with Gasteiger partial charge in [-0.2, -0.15) is 0 Å². The average molecular weight is 201 g/mol. The van der Waals surface area contributed by atoms with Gasteiger partial charge in [0.2, 0.25) is 0 Å². The molecule has 0 amide bonds. The van der Waals surface area contributed by atoms with Gasteiger partial charge in [0.1, 0.15) is 5.82 Å². The number of nitrogens with zero attached hydrogens (tertiary/aromatic N) is 1. The SMILES string of the molecule is COCCNc1ncccc1CCl. The number of hydrogen-bond donors (Lipinski definition) is 1. The molecule has 1 heterocycles. The van der Waals surface area contributed by atoms with Gasteiger partial charge in [-0.15, -0.1) is 11.6 Å². The first-order chi connectivity index (χ1) is 6.38. The minimum absolute atomic E-state index is 0.475. The highest BCUT2D eigenvalue weighted by molar-refractivity contribution is 6.17. The smallest absolute Gasteiger partial charge is 0.130 e. The second kappa shape index (κ2) is 5.78. The molecule has 0 aliphatic heterocycles. The van der Waals surface area contributed by atoms with Gasteiger partial charge in [0.05, 0.1) is 12.5 Å². The molecule has 3 nitrogen and oxygen atoms in total. The zero-order valence-electron chi connectivity index (χ0n) is 7.59. The van der Waals surface area contributed by atoms with Gasteiger partial charge in [0.15, 0.2) is 0 Å². The van der Waals surface area contributed by atoms with Crippen molar-refractivity contribution >= 4 is 17.4 Å². The number of alkyl halides is 1. The predicted molar refractivity (Wildman–Crippen MR) is 54.2 cm³/mol. The molecule has 0 aliphatic rings. The van der Waals surface area contributed by atoms with Crippen molar-refractivity contribution in [3.8, 4) is 0 Å². The summed E-state index contributed by atoms with van der Waals surface area (Å²) in [5, 5.41) is 3.14. The number of nitrogens with one attached hydrogen (secondary N) is 1. The van der Waals surface area contributed by atoms with Crippen LogP contribution >= 0.6 is 11.6 Å². The summed E-state index contributed by atoms with van der Waals surface area (Å²) in [6, 6.07) is 3.83. The summed E-state index contributed by atoms with van der Waals surface area (Å²) in [6.07, 6.45) is 1.74. The first-order valence-corrected chi connectivity index (χ1v) is 4.64. The third-order valence-electron chi connectivity index (χ3n) is 1.63. The normalized spacial score (nSPS) is 10.0. The summed E-state index contributed by atoms with van der Waals surface area (Å²) in [6.45, 7) is 1.41. The Morgan fingerprint density at radius 2 is 2.46 bits per heavy atom. The molecular weight excluding hydrogens is 188 g/mol. The van der Waals surface area contributed by atoms with Gasteiger partial charge < -0.3 is 10.1 Å². The van der Waals surface area contributed by atoms with Crippen LogP contribution in [0.4, 0.5) is 5.82 Å². The molecule has 13 heavy (non-hydrogen) atoms. The molecule has 0 bridgehead atoms. The number of methoxy groups -OCH3 is 1. The monoisotopic (exact) mass is 200 g/mol. The van der Waals surface area contributed by atoms with Crippen molar-refractivity contribution in [2.24, 2.45) is 0 Å². The Morgan fingerprint density at radius 3 is 3.15 bits per heavy atom. The van der Waals surface area contributed by atoms with Crippen LogP contribution in [0, 0.1) is 0 Å². The lowest BCUT2D eigenvalue weighted by Crippen LogP contribution is -2.10. The molecule has 0 radical (unpaired) electrons. The van der Waals surface area contributed by atoms with E-state index in [1.54, 1.807) is 13.3 Å². The van der Waals surface area contributed by atoms with E-state index < -0.39 is 0 Å². The Labute approximate surface area is 83.1 Å². The van der Waals surface area contributed by atoms with E-state index in [2.05, 4.69) is 10.3 Å². The fourth-order valence-electron chi connectivity index (χ4n) is 0.977. The van der Waals surface area contributed by atoms with Crippen molar-refractivity contribution < 1.29 is 4.74 Å². The molecule has 1 aromatic rings. The number of pyridine rings is 1. The Balaban J connectivity index is 2.54. The van der Waals surface area contributed by atoms with Gasteiger partial charge in [0.25, 0.3) is 0 Å². The van der Waals surface area contributed by atoms with Crippen LogP contribution in [-0.4, -0.2) is 25.2 Å². The maximum absolute atomic E-state index is 5.73. The Morgan fingerprint density at radius 1 is 1.62 bits per heavy atom.